The molecule has 0 aliphatic carbocycles. The van der Waals surface area contributed by atoms with Crippen LogP contribution in [0.1, 0.15) is 145 Å². The van der Waals surface area contributed by atoms with E-state index in [-0.39, 0.29) is 23.0 Å². The van der Waals surface area contributed by atoms with Crippen molar-refractivity contribution in [3.8, 4) is 45.6 Å². The Labute approximate surface area is 684 Å². The van der Waals surface area contributed by atoms with E-state index >= 15 is 0 Å². The molecule has 0 amide bonds. The number of esters is 4. The molecule has 9 heterocycles. The average Bonchev–Trinajstić information content (AvgIpc) is 1.60. The molecule has 8 bridgehead atoms. The monoisotopic (exact) mass is 1620 g/mol. The van der Waals surface area contributed by atoms with Crippen molar-refractivity contribution in [1.82, 2.24) is 39.9 Å². The first-order chi connectivity index (χ1) is 57.1. The SMILES string of the molecule is O=C(OCCCCCCSc1ccc2c(c1)-c1nc-2nc2[nH]c(nc3nc(nc4[nH]c(n1)c1ccc(SCCCCCCOC(=O)c5cc6ccccc6o5)cc41)-c1ccc(SCCCCCCOC(=O)c4cc5ccccc5o4)cc1-3)c1ccc(SCCCCCCOC(=O)c3cc4ccccc4o3)cc21)c1cc2ccccc2o1. The van der Waals surface area contributed by atoms with Gasteiger partial charge < -0.3 is 46.6 Å². The molecule has 0 atom stereocenters. The molecular formula is C92H82N8O12S4. The third kappa shape index (κ3) is 18.3. The van der Waals surface area contributed by atoms with Crippen LogP contribution < -0.4 is 0 Å². The Kier molecular flexibility index (Phi) is 24.3. The van der Waals surface area contributed by atoms with E-state index in [9.17, 15) is 19.2 Å². The van der Waals surface area contributed by atoms with Crippen LogP contribution in [-0.4, -0.2) is 113 Å². The van der Waals surface area contributed by atoms with Crippen molar-refractivity contribution in [2.45, 2.75) is 122 Å². The number of thioether (sulfide) groups is 4. The summed E-state index contributed by atoms with van der Waals surface area (Å²) in [4.78, 5) is 95.5. The predicted molar refractivity (Wildman–Crippen MR) is 459 cm³/mol. The Balaban J connectivity index is 0.631. The number of aromatic nitrogens is 8. The Morgan fingerprint density at radius 2 is 0.534 bits per heavy atom. The zero-order chi connectivity index (χ0) is 78.5. The fourth-order valence-corrected chi connectivity index (χ4v) is 18.1. The molecule has 24 heteroatoms. The quantitative estimate of drug-likeness (QED) is 0.0160. The highest BCUT2D eigenvalue weighted by Crippen LogP contribution is 2.42. The number of ether oxygens (including phenoxy) is 4. The highest BCUT2D eigenvalue weighted by atomic mass is 32.2. The zero-order valence-electron chi connectivity index (χ0n) is 63.7. The van der Waals surface area contributed by atoms with Crippen molar-refractivity contribution in [1.29, 1.82) is 0 Å². The molecule has 17 rings (SSSR count). The summed E-state index contributed by atoms with van der Waals surface area (Å²) in [6, 6.07) is 62.8. The van der Waals surface area contributed by atoms with E-state index in [1.165, 1.54) is 0 Å². The van der Waals surface area contributed by atoms with Gasteiger partial charge in [-0.3, -0.25) is 0 Å². The van der Waals surface area contributed by atoms with Gasteiger partial charge in [-0.15, -0.1) is 47.0 Å². The number of para-hydroxylation sites is 4. The summed E-state index contributed by atoms with van der Waals surface area (Å²) in [7, 11) is 0. The standard InChI is InChI=1S/C92H82N8O12S4/c101-89(77-49-57-25-9-13-29-73(57)109-77)105-41-17-1-5-21-45-113-61-33-37-65-69(53-61)85-93-81(65)98-86-71-55-63(115-47-23-7-3-19-43-107-91(103)79-51-59-27-11-15-31-75(59)111-79)35-39-67(71)83(95-86)100-88-72-56-64(116-48-24-8-4-20-44-108-92(104)80-52-60-28-12-16-32-76(60)112-80)36-40-68(72)84(96-88)99-87-70-54-62(34-38-66(70)82(94-87)97-85)114-46-22-6-2-18-42-106-90(102)78-50-58-26-10-14-30-74(58)110-78/h9-16,25-40,49-56H,1-8,17-24,41-48H2,(H2,93,94,95,96,97,98,99,100). The van der Waals surface area contributed by atoms with Crippen molar-refractivity contribution in [3.63, 3.8) is 0 Å². The second kappa shape index (κ2) is 36.6. The van der Waals surface area contributed by atoms with Crippen LogP contribution >= 0.6 is 47.0 Å². The minimum Gasteiger partial charge on any atom is -0.460 e. The lowest BCUT2D eigenvalue weighted by Gasteiger charge is -2.06. The van der Waals surface area contributed by atoms with Crippen molar-refractivity contribution in [3.05, 3.63) is 217 Å². The summed E-state index contributed by atoms with van der Waals surface area (Å²) in [5.41, 5.74) is 8.39. The van der Waals surface area contributed by atoms with Crippen molar-refractivity contribution < 1.29 is 55.8 Å². The highest BCUT2D eigenvalue weighted by molar-refractivity contribution is 8.00. The number of fused-ring (bicyclic) bond motifs is 24. The number of hydrogen-bond donors (Lipinski definition) is 2. The summed E-state index contributed by atoms with van der Waals surface area (Å²) in [6.07, 6.45) is 14.4. The van der Waals surface area contributed by atoms with E-state index in [0.29, 0.717) is 94.6 Å². The van der Waals surface area contributed by atoms with Gasteiger partial charge >= 0.3 is 23.9 Å². The topological polar surface area (TPSA) is 267 Å². The van der Waals surface area contributed by atoms with Gasteiger partial charge in [0.05, 0.1) is 26.4 Å². The molecule has 8 aromatic carbocycles. The fourth-order valence-electron chi connectivity index (χ4n) is 14.3. The molecule has 7 aromatic heterocycles. The summed E-state index contributed by atoms with van der Waals surface area (Å²) >= 11 is 7.14. The molecule has 2 aliphatic rings. The molecule has 0 unspecified atom stereocenters. The summed E-state index contributed by atoms with van der Waals surface area (Å²) < 4.78 is 45.3. The van der Waals surface area contributed by atoms with Gasteiger partial charge in [0.1, 0.15) is 44.9 Å². The first-order valence-electron chi connectivity index (χ1n) is 39.6. The smallest absolute Gasteiger partial charge is 0.374 e. The number of benzene rings is 8. The number of aromatic amines is 2. The Hall–Kier alpha value is -11.4. The molecule has 0 spiro atoms. The number of H-pyrrole nitrogens is 2. The Bertz CT molecular complexity index is 5810. The van der Waals surface area contributed by atoms with Crippen LogP contribution in [0.2, 0.25) is 0 Å². The van der Waals surface area contributed by atoms with Gasteiger partial charge in [0, 0.05) is 84.9 Å². The number of nitrogens with zero attached hydrogens (tertiary/aromatic N) is 6. The fraction of sp³-hybridized carbons (Fsp3) is 0.261. The molecule has 0 saturated heterocycles. The molecule has 0 fully saturated rings. The number of carbonyl (C=O) groups excluding carboxylic acids is 4. The normalized spacial score (nSPS) is 11.9. The van der Waals surface area contributed by atoms with E-state index in [1.54, 1.807) is 71.3 Å². The van der Waals surface area contributed by atoms with Gasteiger partial charge in [0.2, 0.25) is 23.0 Å². The molecule has 0 saturated carbocycles. The first kappa shape index (κ1) is 77.2. The van der Waals surface area contributed by atoms with Gasteiger partial charge in [0.25, 0.3) is 0 Å². The maximum absolute atomic E-state index is 12.8. The number of hydrogen-bond acceptors (Lipinski definition) is 22. The number of rotatable bonds is 36. The van der Waals surface area contributed by atoms with Gasteiger partial charge in [-0.1, -0.05) is 124 Å². The Morgan fingerprint density at radius 1 is 0.267 bits per heavy atom. The summed E-state index contributed by atoms with van der Waals surface area (Å²) in [6.45, 7) is 1.28. The second-order valence-electron chi connectivity index (χ2n) is 28.6. The lowest BCUT2D eigenvalue weighted by Crippen LogP contribution is -2.05. The molecule has 20 nitrogen and oxygen atoms in total. The summed E-state index contributed by atoms with van der Waals surface area (Å²) in [5.74, 6) is 4.59. The second-order valence-corrected chi connectivity index (χ2v) is 33.3. The zero-order valence-corrected chi connectivity index (χ0v) is 66.9. The van der Waals surface area contributed by atoms with Crippen LogP contribution in [-0.2, 0) is 18.9 Å². The Morgan fingerprint density at radius 3 is 0.845 bits per heavy atom. The summed E-state index contributed by atoms with van der Waals surface area (Å²) in [5, 5.41) is 6.96. The van der Waals surface area contributed by atoms with Gasteiger partial charge in [-0.25, -0.2) is 49.1 Å². The number of furan rings is 4. The van der Waals surface area contributed by atoms with Gasteiger partial charge in [-0.2, -0.15) is 0 Å². The van der Waals surface area contributed by atoms with Crippen LogP contribution in [0.5, 0.6) is 0 Å². The number of unbranched alkanes of at least 4 members (excludes halogenated alkanes) is 12. The van der Waals surface area contributed by atoms with Crippen LogP contribution in [0.3, 0.4) is 0 Å². The van der Waals surface area contributed by atoms with Crippen molar-refractivity contribution in [2.24, 2.45) is 0 Å². The maximum atomic E-state index is 12.8. The van der Waals surface area contributed by atoms with Crippen LogP contribution in [0.4, 0.5) is 0 Å². The molecule has 116 heavy (non-hydrogen) atoms. The number of carbonyl (C=O) groups is 4. The first-order valence-corrected chi connectivity index (χ1v) is 43.6. The highest BCUT2D eigenvalue weighted by Gasteiger charge is 2.26. The minimum absolute atomic E-state index is 0.213. The lowest BCUT2D eigenvalue weighted by atomic mass is 10.1. The van der Waals surface area contributed by atoms with E-state index in [0.717, 1.165) is 211 Å². The maximum Gasteiger partial charge on any atom is 0.374 e. The molecular weight excluding hydrogens is 1540 g/mol. The third-order valence-electron chi connectivity index (χ3n) is 20.4. The number of nitrogens with one attached hydrogen (secondary N) is 2. The predicted octanol–water partition coefficient (Wildman–Crippen LogP) is 23.9. The lowest BCUT2D eigenvalue weighted by molar-refractivity contribution is 0.0456. The van der Waals surface area contributed by atoms with E-state index in [4.69, 9.17) is 66.5 Å². The van der Waals surface area contributed by atoms with Crippen LogP contribution in [0.15, 0.2) is 231 Å². The molecule has 2 aliphatic heterocycles. The van der Waals surface area contributed by atoms with E-state index in [2.05, 4.69) is 82.8 Å². The molecule has 15 aromatic rings. The molecule has 2 N–H and O–H groups in total. The van der Waals surface area contributed by atoms with Crippen LogP contribution in [0.25, 0.3) is 134 Å². The van der Waals surface area contributed by atoms with Crippen molar-refractivity contribution >= 4 is 159 Å². The van der Waals surface area contributed by atoms with Crippen molar-refractivity contribution in [2.75, 3.05) is 49.4 Å². The minimum atomic E-state index is -0.450. The van der Waals surface area contributed by atoms with Gasteiger partial charge in [0.15, 0.2) is 23.3 Å². The largest absolute Gasteiger partial charge is 0.460 e. The third-order valence-corrected chi connectivity index (χ3v) is 24.7. The molecule has 586 valence electrons. The van der Waals surface area contributed by atoms with Gasteiger partial charge in [-0.05, 0) is 196 Å². The van der Waals surface area contributed by atoms with E-state index in [1.807, 2.05) is 97.1 Å². The average molecular weight is 1620 g/mol. The molecule has 0 radical (unpaired) electrons. The van der Waals surface area contributed by atoms with Crippen LogP contribution in [0, 0.1) is 0 Å². The van der Waals surface area contributed by atoms with E-state index < -0.39 is 23.9 Å².